The Labute approximate surface area is 138 Å². The van der Waals surface area contributed by atoms with Crippen molar-refractivity contribution in [2.75, 3.05) is 5.01 Å². The lowest BCUT2D eigenvalue weighted by Gasteiger charge is -2.26. The van der Waals surface area contributed by atoms with E-state index < -0.39 is 0 Å². The molecular formula is C21H24N2. The van der Waals surface area contributed by atoms with Gasteiger partial charge in [0.25, 0.3) is 0 Å². The van der Waals surface area contributed by atoms with Gasteiger partial charge in [-0.15, -0.1) is 0 Å². The number of hydrogen-bond acceptors (Lipinski definition) is 2. The second-order valence-corrected chi connectivity index (χ2v) is 7.52. The van der Waals surface area contributed by atoms with Gasteiger partial charge >= 0.3 is 0 Å². The fraction of sp³-hybridized carbons (Fsp3) is 0.333. The van der Waals surface area contributed by atoms with Crippen LogP contribution >= 0.6 is 0 Å². The van der Waals surface area contributed by atoms with Gasteiger partial charge in [0.15, 0.2) is 0 Å². The minimum Gasteiger partial charge on any atom is -0.287 e. The molecule has 0 bridgehead atoms. The molecule has 0 radical (unpaired) electrons. The summed E-state index contributed by atoms with van der Waals surface area (Å²) in [5, 5.41) is 1.79. The molecule has 1 heterocycles. The van der Waals surface area contributed by atoms with Crippen LogP contribution in [-0.4, -0.2) is 0 Å². The predicted molar refractivity (Wildman–Crippen MR) is 97.4 cm³/mol. The van der Waals surface area contributed by atoms with E-state index in [0.29, 0.717) is 11.8 Å². The number of hydrazine groups is 1. The van der Waals surface area contributed by atoms with Crippen LogP contribution in [0.15, 0.2) is 48.7 Å². The summed E-state index contributed by atoms with van der Waals surface area (Å²) >= 11 is 0. The maximum absolute atomic E-state index is 6.31. The van der Waals surface area contributed by atoms with E-state index >= 15 is 0 Å². The molecule has 0 saturated heterocycles. The molecule has 0 aromatic heterocycles. The van der Waals surface area contributed by atoms with Gasteiger partial charge in [0.1, 0.15) is 0 Å². The van der Waals surface area contributed by atoms with Gasteiger partial charge in [0.05, 0.1) is 5.69 Å². The number of anilines is 1. The van der Waals surface area contributed by atoms with Gasteiger partial charge in [-0.3, -0.25) is 5.01 Å². The highest BCUT2D eigenvalue weighted by atomic mass is 15.4. The second kappa shape index (κ2) is 4.72. The minimum absolute atomic E-state index is 0.0205. The molecule has 2 unspecified atom stereocenters. The lowest BCUT2D eigenvalue weighted by molar-refractivity contribution is 0.595. The zero-order valence-electron chi connectivity index (χ0n) is 14.3. The standard InChI is InChI=1S/C21H24N2/c1-13-9-10-23(22)20-12-19-17(11-16(20)14(13)2)15-7-5-6-8-18(15)21(19,3)4/h5-14H,22H2,1-4H3. The van der Waals surface area contributed by atoms with E-state index in [1.54, 1.807) is 5.01 Å². The van der Waals surface area contributed by atoms with Crippen LogP contribution < -0.4 is 10.9 Å². The van der Waals surface area contributed by atoms with E-state index in [-0.39, 0.29) is 5.41 Å². The van der Waals surface area contributed by atoms with Crippen molar-refractivity contribution >= 4 is 5.69 Å². The van der Waals surface area contributed by atoms with Crippen LogP contribution in [0.2, 0.25) is 0 Å². The summed E-state index contributed by atoms with van der Waals surface area (Å²) in [5.41, 5.74) is 8.04. The van der Waals surface area contributed by atoms with Crippen molar-refractivity contribution in [3.05, 3.63) is 65.4 Å². The minimum atomic E-state index is 0.0205. The first-order valence-corrected chi connectivity index (χ1v) is 8.42. The monoisotopic (exact) mass is 304 g/mol. The van der Waals surface area contributed by atoms with Crippen LogP contribution in [0.4, 0.5) is 5.69 Å². The van der Waals surface area contributed by atoms with E-state index in [2.05, 4.69) is 70.2 Å². The molecule has 1 aliphatic heterocycles. The van der Waals surface area contributed by atoms with E-state index in [9.17, 15) is 0 Å². The molecule has 0 amide bonds. The third kappa shape index (κ3) is 1.91. The molecule has 0 saturated carbocycles. The number of nitrogens with zero attached hydrogens (tertiary/aromatic N) is 1. The Kier molecular flexibility index (Phi) is 2.98. The molecule has 2 aliphatic rings. The molecule has 2 nitrogen and oxygen atoms in total. The lowest BCUT2D eigenvalue weighted by atomic mass is 9.80. The molecule has 0 fully saturated rings. The first kappa shape index (κ1) is 14.5. The number of nitrogens with two attached hydrogens (primary N) is 1. The second-order valence-electron chi connectivity index (χ2n) is 7.52. The summed E-state index contributed by atoms with van der Waals surface area (Å²) in [6.07, 6.45) is 4.21. The van der Waals surface area contributed by atoms with E-state index in [1.165, 1.54) is 27.8 Å². The maximum atomic E-state index is 6.31. The van der Waals surface area contributed by atoms with Crippen molar-refractivity contribution in [3.63, 3.8) is 0 Å². The SMILES string of the molecule is CC1C=CN(N)c2cc3c(cc2C1C)-c1ccccc1C3(C)C. The van der Waals surface area contributed by atoms with E-state index in [4.69, 9.17) is 5.84 Å². The van der Waals surface area contributed by atoms with Gasteiger partial charge in [-0.25, -0.2) is 5.84 Å². The van der Waals surface area contributed by atoms with Crippen molar-refractivity contribution in [1.82, 2.24) is 0 Å². The molecule has 1 aliphatic carbocycles. The molecule has 0 spiro atoms. The molecular weight excluding hydrogens is 280 g/mol. The van der Waals surface area contributed by atoms with Crippen LogP contribution in [0.5, 0.6) is 0 Å². The molecule has 2 aromatic carbocycles. The quantitative estimate of drug-likeness (QED) is 0.698. The summed E-state index contributed by atoms with van der Waals surface area (Å²) < 4.78 is 0. The third-order valence-corrected chi connectivity index (χ3v) is 5.84. The molecule has 4 rings (SSSR count). The average Bonchev–Trinajstić information content (AvgIpc) is 2.72. The molecule has 2 N–H and O–H groups in total. The summed E-state index contributed by atoms with van der Waals surface area (Å²) in [6, 6.07) is 13.5. The van der Waals surface area contributed by atoms with Crippen molar-refractivity contribution < 1.29 is 0 Å². The maximum Gasteiger partial charge on any atom is 0.0606 e. The lowest BCUT2D eigenvalue weighted by Crippen LogP contribution is -2.25. The molecule has 2 atom stereocenters. The van der Waals surface area contributed by atoms with Crippen molar-refractivity contribution in [2.24, 2.45) is 11.8 Å². The number of allylic oxidation sites excluding steroid dienone is 1. The van der Waals surface area contributed by atoms with Gasteiger partial charge < -0.3 is 0 Å². The Morgan fingerprint density at radius 2 is 1.74 bits per heavy atom. The molecule has 2 aromatic rings. The Bertz CT molecular complexity index is 817. The van der Waals surface area contributed by atoms with Crippen LogP contribution in [0.25, 0.3) is 11.1 Å². The molecule has 2 heteroatoms. The van der Waals surface area contributed by atoms with Gasteiger partial charge in [-0.1, -0.05) is 58.0 Å². The van der Waals surface area contributed by atoms with E-state index in [1.807, 2.05) is 6.20 Å². The zero-order chi connectivity index (χ0) is 16.4. The van der Waals surface area contributed by atoms with Crippen LogP contribution in [0, 0.1) is 5.92 Å². The first-order chi connectivity index (χ1) is 10.9. The molecule has 23 heavy (non-hydrogen) atoms. The Morgan fingerprint density at radius 3 is 2.52 bits per heavy atom. The van der Waals surface area contributed by atoms with Crippen LogP contribution in [0.3, 0.4) is 0 Å². The van der Waals surface area contributed by atoms with Gasteiger partial charge in [-0.05, 0) is 51.8 Å². The predicted octanol–water partition coefficient (Wildman–Crippen LogP) is 4.94. The average molecular weight is 304 g/mol. The number of rotatable bonds is 0. The molecule has 118 valence electrons. The zero-order valence-corrected chi connectivity index (χ0v) is 14.3. The van der Waals surface area contributed by atoms with Gasteiger partial charge in [0.2, 0.25) is 0 Å². The van der Waals surface area contributed by atoms with Crippen LogP contribution in [-0.2, 0) is 5.41 Å². The summed E-state index contributed by atoms with van der Waals surface area (Å²) in [6.45, 7) is 9.17. The summed E-state index contributed by atoms with van der Waals surface area (Å²) in [4.78, 5) is 0. The Morgan fingerprint density at radius 1 is 1.00 bits per heavy atom. The topological polar surface area (TPSA) is 29.3 Å². The first-order valence-electron chi connectivity index (χ1n) is 8.42. The van der Waals surface area contributed by atoms with Crippen molar-refractivity contribution in [2.45, 2.75) is 39.0 Å². The van der Waals surface area contributed by atoms with E-state index in [0.717, 1.165) is 5.69 Å². The highest BCUT2D eigenvalue weighted by molar-refractivity contribution is 5.84. The smallest absolute Gasteiger partial charge is 0.0606 e. The fourth-order valence-corrected chi connectivity index (χ4v) is 4.10. The highest BCUT2D eigenvalue weighted by Gasteiger charge is 2.37. The number of benzene rings is 2. The Balaban J connectivity index is 2.02. The van der Waals surface area contributed by atoms with Crippen molar-refractivity contribution in [1.29, 1.82) is 0 Å². The largest absolute Gasteiger partial charge is 0.287 e. The van der Waals surface area contributed by atoms with Gasteiger partial charge in [-0.2, -0.15) is 0 Å². The number of fused-ring (bicyclic) bond motifs is 4. The summed E-state index contributed by atoms with van der Waals surface area (Å²) in [5.74, 6) is 7.24. The van der Waals surface area contributed by atoms with Crippen LogP contribution in [0.1, 0.15) is 50.3 Å². The summed E-state index contributed by atoms with van der Waals surface area (Å²) in [7, 11) is 0. The third-order valence-electron chi connectivity index (χ3n) is 5.84. The van der Waals surface area contributed by atoms with Crippen molar-refractivity contribution in [3.8, 4) is 11.1 Å². The normalized spacial score (nSPS) is 24.0. The Hall–Kier alpha value is -2.06. The highest BCUT2D eigenvalue weighted by Crippen LogP contribution is 2.51. The fourth-order valence-electron chi connectivity index (χ4n) is 4.10. The number of hydrogen-bond donors (Lipinski definition) is 1. The van der Waals surface area contributed by atoms with Gasteiger partial charge in [0, 0.05) is 11.6 Å².